The monoisotopic (exact) mass is 952 g/mol. The first kappa shape index (κ1) is 50.5. The maximum atomic E-state index is 16.0. The van der Waals surface area contributed by atoms with Crippen LogP contribution in [-0.4, -0.2) is 21.6 Å². The first-order chi connectivity index (χ1) is 33.3. The highest BCUT2D eigenvalue weighted by atomic mass is 32.1. The van der Waals surface area contributed by atoms with Gasteiger partial charge in [-0.1, -0.05) is 159 Å². The molecule has 0 bridgehead atoms. The van der Waals surface area contributed by atoms with Crippen LogP contribution in [0.5, 0.6) is 5.75 Å². The van der Waals surface area contributed by atoms with Crippen LogP contribution in [0.15, 0.2) is 103 Å². The predicted octanol–water partition coefficient (Wildman–Crippen LogP) is 19.1. The van der Waals surface area contributed by atoms with Gasteiger partial charge in [-0.3, -0.25) is 0 Å². The molecule has 0 spiro atoms. The van der Waals surface area contributed by atoms with Crippen LogP contribution in [0, 0.1) is 18.6 Å². The van der Waals surface area contributed by atoms with Gasteiger partial charge in [0.1, 0.15) is 16.8 Å². The molecular formula is C59H70F2N4OS2. The van der Waals surface area contributed by atoms with Crippen molar-refractivity contribution in [2.45, 2.75) is 136 Å². The number of nitrogens with zero attached hydrogens (tertiary/aromatic N) is 4. The molecule has 5 nitrogen and oxygen atoms in total. The molecule has 7 rings (SSSR count). The van der Waals surface area contributed by atoms with Gasteiger partial charge < -0.3 is 9.64 Å². The molecule has 0 aliphatic carbocycles. The summed E-state index contributed by atoms with van der Waals surface area (Å²) in [6.07, 6.45) is 32.9. The summed E-state index contributed by atoms with van der Waals surface area (Å²) in [5.41, 5.74) is 6.28. The van der Waals surface area contributed by atoms with Gasteiger partial charge in [0.15, 0.2) is 11.6 Å². The van der Waals surface area contributed by atoms with E-state index in [-0.39, 0.29) is 11.1 Å². The van der Waals surface area contributed by atoms with E-state index in [2.05, 4.69) is 107 Å². The van der Waals surface area contributed by atoms with E-state index in [9.17, 15) is 0 Å². The molecule has 68 heavy (non-hydrogen) atoms. The minimum atomic E-state index is -0.911. The van der Waals surface area contributed by atoms with Gasteiger partial charge >= 0.3 is 0 Å². The van der Waals surface area contributed by atoms with E-state index in [0.717, 1.165) is 56.7 Å². The Balaban J connectivity index is 0.907. The second-order valence-electron chi connectivity index (χ2n) is 18.1. The van der Waals surface area contributed by atoms with Gasteiger partial charge in [0.2, 0.25) is 0 Å². The number of aryl methyl sites for hydroxylation is 2. The van der Waals surface area contributed by atoms with Crippen molar-refractivity contribution < 1.29 is 13.5 Å². The Kier molecular flexibility index (Phi) is 19.6. The molecule has 3 heterocycles. The lowest BCUT2D eigenvalue weighted by Crippen LogP contribution is -2.10. The zero-order chi connectivity index (χ0) is 47.5. The zero-order valence-electron chi connectivity index (χ0n) is 40.8. The summed E-state index contributed by atoms with van der Waals surface area (Å²) in [7, 11) is 1.67. The van der Waals surface area contributed by atoms with Gasteiger partial charge in [-0.15, -0.1) is 22.7 Å². The molecule has 0 radical (unpaired) electrons. The van der Waals surface area contributed by atoms with E-state index < -0.39 is 11.6 Å². The molecule has 0 N–H and O–H groups in total. The first-order valence-corrected chi connectivity index (χ1v) is 26.9. The summed E-state index contributed by atoms with van der Waals surface area (Å²) in [5, 5.41) is 8.96. The zero-order valence-corrected chi connectivity index (χ0v) is 42.4. The lowest BCUT2D eigenvalue weighted by Gasteiger charge is -2.26. The van der Waals surface area contributed by atoms with Gasteiger partial charge in [0.05, 0.1) is 17.7 Å². The molecule has 3 aromatic heterocycles. The van der Waals surface area contributed by atoms with Crippen LogP contribution >= 0.6 is 22.7 Å². The van der Waals surface area contributed by atoms with E-state index in [0.29, 0.717) is 20.8 Å². The van der Waals surface area contributed by atoms with Gasteiger partial charge in [-0.2, -0.15) is 15.0 Å². The van der Waals surface area contributed by atoms with Crippen LogP contribution in [0.2, 0.25) is 0 Å². The molecule has 0 saturated carbocycles. The molecule has 0 atom stereocenters. The van der Waals surface area contributed by atoms with Crippen LogP contribution in [0.1, 0.15) is 150 Å². The summed E-state index contributed by atoms with van der Waals surface area (Å²) < 4.78 is 38.0. The minimum absolute atomic E-state index is 0.135. The third-order valence-electron chi connectivity index (χ3n) is 12.6. The fraction of sp³-hybridized carbons (Fsp3) is 0.390. The van der Waals surface area contributed by atoms with Crippen molar-refractivity contribution in [3.63, 3.8) is 0 Å². The first-order valence-electron chi connectivity index (χ1n) is 25.3. The fourth-order valence-corrected chi connectivity index (χ4v) is 10.8. The van der Waals surface area contributed by atoms with Crippen molar-refractivity contribution >= 4 is 69.0 Å². The van der Waals surface area contributed by atoms with Crippen molar-refractivity contribution in [3.05, 3.63) is 136 Å². The molecule has 4 aromatic carbocycles. The Hall–Kier alpha value is -5.38. The molecule has 9 heteroatoms. The highest BCUT2D eigenvalue weighted by molar-refractivity contribution is 7.16. The largest absolute Gasteiger partial charge is 0.494 e. The number of hydrogen-bond acceptors (Lipinski definition) is 6. The molecule has 0 saturated heterocycles. The standard InChI is InChI=1S/C59H70F2N4OS2/c1-5-7-8-9-10-11-12-13-14-15-16-17-18-19-20-21-22-23-43-66-50-37-35-49(36-38-50)65(47-31-26-45(24-6-2)27-32-47)48-33-28-46(29-34-48)30-39-51-40-42-53(68-51)55-57(61)56(60)54(52-41-25-44(3)67-52)58-59(55)63-64(4)62-58/h6,24-42H,5,7-23,43H2,1-4H3/b24-6+,39-30+. The number of fused-ring (bicyclic) bond motifs is 1. The van der Waals surface area contributed by atoms with Crippen LogP contribution < -0.4 is 9.64 Å². The summed E-state index contributed by atoms with van der Waals surface area (Å²) in [5.74, 6) is -0.926. The average Bonchev–Trinajstić information content (AvgIpc) is 4.11. The molecule has 358 valence electrons. The number of ether oxygens (including phenoxy) is 1. The molecule has 0 aliphatic rings. The number of aromatic nitrogens is 3. The van der Waals surface area contributed by atoms with E-state index in [1.165, 1.54) is 137 Å². The van der Waals surface area contributed by atoms with E-state index in [1.807, 2.05) is 50.3 Å². The highest BCUT2D eigenvalue weighted by Gasteiger charge is 2.27. The van der Waals surface area contributed by atoms with E-state index in [4.69, 9.17) is 4.74 Å². The van der Waals surface area contributed by atoms with Crippen molar-refractivity contribution in [2.24, 2.45) is 7.05 Å². The topological polar surface area (TPSA) is 43.2 Å². The number of hydrogen-bond donors (Lipinski definition) is 0. The van der Waals surface area contributed by atoms with Crippen molar-refractivity contribution in [1.82, 2.24) is 15.0 Å². The van der Waals surface area contributed by atoms with Gasteiger partial charge in [0, 0.05) is 43.6 Å². The molecule has 7 aromatic rings. The molecule has 0 amide bonds. The van der Waals surface area contributed by atoms with Gasteiger partial charge in [-0.05, 0) is 110 Å². The summed E-state index contributed by atoms with van der Waals surface area (Å²) >= 11 is 2.80. The number of allylic oxidation sites excluding steroid dienone is 1. The molecule has 0 aliphatic heterocycles. The number of rotatable bonds is 28. The molecule has 0 fully saturated rings. The number of halogens is 2. The third kappa shape index (κ3) is 14.1. The Morgan fingerprint density at radius 2 is 0.971 bits per heavy atom. The smallest absolute Gasteiger partial charge is 0.170 e. The molecular weight excluding hydrogens is 883 g/mol. The number of unbranched alkanes of at least 4 members (excludes halogenated alkanes) is 17. The third-order valence-corrected chi connectivity index (χ3v) is 14.7. The number of benzene rings is 4. The fourth-order valence-electron chi connectivity index (χ4n) is 8.94. The Morgan fingerprint density at radius 1 is 0.529 bits per heavy atom. The summed E-state index contributed by atoms with van der Waals surface area (Å²) in [4.78, 5) is 6.77. The second kappa shape index (κ2) is 26.4. The second-order valence-corrected chi connectivity index (χ2v) is 20.5. The van der Waals surface area contributed by atoms with Crippen molar-refractivity contribution in [3.8, 4) is 26.6 Å². The Morgan fingerprint density at radius 3 is 1.44 bits per heavy atom. The maximum Gasteiger partial charge on any atom is 0.170 e. The van der Waals surface area contributed by atoms with Gasteiger partial charge in [0.25, 0.3) is 0 Å². The lowest BCUT2D eigenvalue weighted by molar-refractivity contribution is 0.304. The molecule has 0 unspecified atom stereocenters. The number of anilines is 3. The maximum absolute atomic E-state index is 16.0. The lowest BCUT2D eigenvalue weighted by atomic mass is 10.0. The van der Waals surface area contributed by atoms with E-state index >= 15 is 8.78 Å². The van der Waals surface area contributed by atoms with Crippen LogP contribution in [0.3, 0.4) is 0 Å². The number of thiophene rings is 2. The summed E-state index contributed by atoms with van der Waals surface area (Å²) in [6, 6.07) is 32.9. The quantitative estimate of drug-likeness (QED) is 0.0459. The van der Waals surface area contributed by atoms with Gasteiger partial charge in [-0.25, -0.2) is 8.78 Å². The van der Waals surface area contributed by atoms with Crippen molar-refractivity contribution in [2.75, 3.05) is 11.5 Å². The SMILES string of the molecule is C/C=C/c1ccc(N(c2ccc(/C=C/c3ccc(-c4c(F)c(F)c(-c5ccc(C)s5)c5nn(C)nc45)s3)cc2)c2ccc(OCCCCCCCCCCCCCCCCCCCC)cc2)cc1. The van der Waals surface area contributed by atoms with Crippen LogP contribution in [0.4, 0.5) is 25.8 Å². The predicted molar refractivity (Wildman–Crippen MR) is 289 cm³/mol. The normalized spacial score (nSPS) is 11.8. The van der Waals surface area contributed by atoms with E-state index in [1.54, 1.807) is 7.05 Å². The van der Waals surface area contributed by atoms with Crippen LogP contribution in [0.25, 0.3) is 50.1 Å². The van der Waals surface area contributed by atoms with Crippen LogP contribution in [-0.2, 0) is 7.05 Å². The Labute approximate surface area is 412 Å². The minimum Gasteiger partial charge on any atom is -0.494 e. The van der Waals surface area contributed by atoms with Crippen molar-refractivity contribution in [1.29, 1.82) is 0 Å². The average molecular weight is 953 g/mol. The summed E-state index contributed by atoms with van der Waals surface area (Å²) in [6.45, 7) is 7.00. The highest BCUT2D eigenvalue weighted by Crippen LogP contribution is 2.43. The Bertz CT molecular complexity index is 2660.